The van der Waals surface area contributed by atoms with Gasteiger partial charge >= 0.3 is 0 Å². The highest BCUT2D eigenvalue weighted by Crippen LogP contribution is 2.08. The summed E-state index contributed by atoms with van der Waals surface area (Å²) in [5, 5.41) is 8.69. The molecule has 0 saturated heterocycles. The number of nitrogens with zero attached hydrogens (tertiary/aromatic N) is 1. The van der Waals surface area contributed by atoms with Gasteiger partial charge in [0.15, 0.2) is 0 Å². The molecule has 1 aromatic rings. The molecule has 0 fully saturated rings. The molecule has 0 N–H and O–H groups in total. The first-order valence-electron chi connectivity index (χ1n) is 4.21. The Labute approximate surface area is 83.2 Å². The average molecular weight is 183 g/mol. The van der Waals surface area contributed by atoms with Crippen molar-refractivity contribution in [3.63, 3.8) is 0 Å². The van der Waals surface area contributed by atoms with Crippen LogP contribution >= 0.6 is 0 Å². The molecule has 0 radical (unpaired) electrons. The van der Waals surface area contributed by atoms with Crippen molar-refractivity contribution in [2.75, 3.05) is 0 Å². The van der Waals surface area contributed by atoms with E-state index in [2.05, 4.69) is 17.9 Å². The van der Waals surface area contributed by atoms with Gasteiger partial charge in [0.1, 0.15) is 6.29 Å². The molecule has 0 saturated carbocycles. The Morgan fingerprint density at radius 2 is 2.29 bits per heavy atom. The second-order valence-electron chi connectivity index (χ2n) is 2.81. The van der Waals surface area contributed by atoms with Crippen LogP contribution in [0.15, 0.2) is 18.2 Å². The summed E-state index contributed by atoms with van der Waals surface area (Å²) in [5.74, 6) is 5.56. The third kappa shape index (κ3) is 2.47. The second-order valence-corrected chi connectivity index (χ2v) is 2.81. The highest BCUT2D eigenvalue weighted by molar-refractivity contribution is 5.55. The van der Waals surface area contributed by atoms with Crippen LogP contribution in [0.3, 0.4) is 0 Å². The van der Waals surface area contributed by atoms with E-state index in [-0.39, 0.29) is 6.42 Å². The van der Waals surface area contributed by atoms with Gasteiger partial charge in [-0.2, -0.15) is 5.26 Å². The predicted octanol–water partition coefficient (Wildman–Crippen LogP) is 1.81. The van der Waals surface area contributed by atoms with Crippen LogP contribution in [-0.2, 0) is 4.79 Å². The Morgan fingerprint density at radius 3 is 2.86 bits per heavy atom. The molecule has 68 valence electrons. The largest absolute Gasteiger partial charge is 0.302 e. The molecular weight excluding hydrogens is 174 g/mol. The maximum absolute atomic E-state index is 10.0. The number of nitriles is 1. The van der Waals surface area contributed by atoms with Gasteiger partial charge in [-0.3, -0.25) is 0 Å². The third-order valence-electron chi connectivity index (χ3n) is 1.76. The number of aryl methyl sites for hydroxylation is 1. The molecule has 0 unspecified atom stereocenters. The van der Waals surface area contributed by atoms with Crippen LogP contribution in [0, 0.1) is 30.1 Å². The van der Waals surface area contributed by atoms with E-state index < -0.39 is 0 Å². The van der Waals surface area contributed by atoms with Crippen LogP contribution in [0.5, 0.6) is 0 Å². The smallest absolute Gasteiger partial charge is 0.131 e. The van der Waals surface area contributed by atoms with Crippen LogP contribution in [-0.4, -0.2) is 6.29 Å². The van der Waals surface area contributed by atoms with Crippen LogP contribution in [0.1, 0.15) is 23.1 Å². The van der Waals surface area contributed by atoms with Gasteiger partial charge in [0.05, 0.1) is 18.1 Å². The van der Waals surface area contributed by atoms with Crippen molar-refractivity contribution in [1.29, 1.82) is 5.26 Å². The number of benzene rings is 1. The SMILES string of the molecule is Cc1cc(C#CCC=O)ccc1C#N. The standard InChI is InChI=1S/C12H9NO/c1-10-8-11(4-2-3-7-14)5-6-12(10)9-13/h5-8H,3H2,1H3. The molecule has 2 heteroatoms. The molecule has 0 aromatic heterocycles. The fourth-order valence-corrected chi connectivity index (χ4v) is 1.06. The van der Waals surface area contributed by atoms with Crippen molar-refractivity contribution in [3.05, 3.63) is 34.9 Å². The van der Waals surface area contributed by atoms with Gasteiger partial charge in [-0.25, -0.2) is 0 Å². The number of hydrogen-bond donors (Lipinski definition) is 0. The lowest BCUT2D eigenvalue weighted by Crippen LogP contribution is -1.83. The minimum absolute atomic E-state index is 0.249. The van der Waals surface area contributed by atoms with Crippen molar-refractivity contribution in [3.8, 4) is 17.9 Å². The summed E-state index contributed by atoms with van der Waals surface area (Å²) >= 11 is 0. The van der Waals surface area contributed by atoms with Crippen molar-refractivity contribution in [2.24, 2.45) is 0 Å². The van der Waals surface area contributed by atoms with E-state index in [9.17, 15) is 4.79 Å². The predicted molar refractivity (Wildman–Crippen MR) is 53.5 cm³/mol. The maximum atomic E-state index is 10.0. The lowest BCUT2D eigenvalue weighted by atomic mass is 10.1. The molecule has 1 aromatic carbocycles. The summed E-state index contributed by atoms with van der Waals surface area (Å²) < 4.78 is 0. The van der Waals surface area contributed by atoms with Crippen molar-refractivity contribution >= 4 is 6.29 Å². The number of rotatable bonds is 1. The van der Waals surface area contributed by atoms with Gasteiger partial charge in [0.2, 0.25) is 0 Å². The van der Waals surface area contributed by atoms with Gasteiger partial charge < -0.3 is 4.79 Å². The Bertz CT molecular complexity index is 444. The number of carbonyl (C=O) groups is 1. The second kappa shape index (κ2) is 4.84. The fraction of sp³-hybridized carbons (Fsp3) is 0.167. The van der Waals surface area contributed by atoms with Gasteiger partial charge in [-0.15, -0.1) is 0 Å². The number of aldehydes is 1. The average Bonchev–Trinajstić information content (AvgIpc) is 2.18. The van der Waals surface area contributed by atoms with Crippen molar-refractivity contribution < 1.29 is 4.79 Å². The van der Waals surface area contributed by atoms with Crippen LogP contribution in [0.4, 0.5) is 0 Å². The number of carbonyl (C=O) groups excluding carboxylic acids is 1. The first-order chi connectivity index (χ1) is 6.77. The van der Waals surface area contributed by atoms with Crippen molar-refractivity contribution in [2.45, 2.75) is 13.3 Å². The lowest BCUT2D eigenvalue weighted by Gasteiger charge is -1.96. The molecular formula is C12H9NO. The minimum atomic E-state index is 0.249. The quantitative estimate of drug-likeness (QED) is 0.492. The lowest BCUT2D eigenvalue weighted by molar-refractivity contribution is -0.107. The zero-order valence-electron chi connectivity index (χ0n) is 7.87. The Morgan fingerprint density at radius 1 is 1.50 bits per heavy atom. The summed E-state index contributed by atoms with van der Waals surface area (Å²) in [6, 6.07) is 7.45. The van der Waals surface area contributed by atoms with E-state index in [0.29, 0.717) is 5.56 Å². The van der Waals surface area contributed by atoms with E-state index in [1.54, 1.807) is 12.1 Å². The highest BCUT2D eigenvalue weighted by Gasteiger charge is 1.96. The molecule has 0 aliphatic rings. The van der Waals surface area contributed by atoms with Gasteiger partial charge in [0.25, 0.3) is 0 Å². The fourth-order valence-electron chi connectivity index (χ4n) is 1.06. The summed E-state index contributed by atoms with van der Waals surface area (Å²) in [5.41, 5.74) is 2.40. The molecule has 0 amide bonds. The summed E-state index contributed by atoms with van der Waals surface area (Å²) in [6.45, 7) is 1.86. The topological polar surface area (TPSA) is 40.9 Å². The van der Waals surface area contributed by atoms with Gasteiger partial charge in [-0.05, 0) is 30.7 Å². The van der Waals surface area contributed by atoms with E-state index in [4.69, 9.17) is 5.26 Å². The molecule has 1 rings (SSSR count). The van der Waals surface area contributed by atoms with E-state index >= 15 is 0 Å². The van der Waals surface area contributed by atoms with Crippen LogP contribution in [0.25, 0.3) is 0 Å². The van der Waals surface area contributed by atoms with Crippen LogP contribution < -0.4 is 0 Å². The zero-order chi connectivity index (χ0) is 10.4. The summed E-state index contributed by atoms with van der Waals surface area (Å²) in [7, 11) is 0. The Kier molecular flexibility index (Phi) is 3.47. The molecule has 0 bridgehead atoms. The highest BCUT2D eigenvalue weighted by atomic mass is 16.1. The first-order valence-corrected chi connectivity index (χ1v) is 4.21. The van der Waals surface area contributed by atoms with E-state index in [0.717, 1.165) is 17.4 Å². The molecule has 0 heterocycles. The third-order valence-corrected chi connectivity index (χ3v) is 1.76. The number of hydrogen-bond acceptors (Lipinski definition) is 2. The summed E-state index contributed by atoms with van der Waals surface area (Å²) in [6.07, 6.45) is 1.02. The summed E-state index contributed by atoms with van der Waals surface area (Å²) in [4.78, 5) is 10.0. The molecule has 0 aliphatic heterocycles. The Hall–Kier alpha value is -2.06. The molecule has 0 spiro atoms. The zero-order valence-corrected chi connectivity index (χ0v) is 7.87. The maximum Gasteiger partial charge on any atom is 0.131 e. The van der Waals surface area contributed by atoms with Crippen LogP contribution in [0.2, 0.25) is 0 Å². The van der Waals surface area contributed by atoms with E-state index in [1.807, 2.05) is 13.0 Å². The van der Waals surface area contributed by atoms with Gasteiger partial charge in [0, 0.05) is 5.56 Å². The monoisotopic (exact) mass is 183 g/mol. The van der Waals surface area contributed by atoms with E-state index in [1.165, 1.54) is 0 Å². The normalized spacial score (nSPS) is 8.29. The van der Waals surface area contributed by atoms with Crippen molar-refractivity contribution in [1.82, 2.24) is 0 Å². The molecule has 2 nitrogen and oxygen atoms in total. The van der Waals surface area contributed by atoms with Gasteiger partial charge in [-0.1, -0.05) is 11.8 Å². The molecule has 0 aliphatic carbocycles. The Balaban J connectivity index is 2.95. The minimum Gasteiger partial charge on any atom is -0.302 e. The molecule has 14 heavy (non-hydrogen) atoms. The molecule has 0 atom stereocenters. The first kappa shape index (κ1) is 10.0.